The Morgan fingerprint density at radius 1 is 1.24 bits per heavy atom. The molecule has 4 nitrogen and oxygen atoms in total. The molecular formula is C21H28N2O2. The summed E-state index contributed by atoms with van der Waals surface area (Å²) in [6.45, 7) is 6.63. The van der Waals surface area contributed by atoms with Gasteiger partial charge in [0, 0.05) is 25.9 Å². The van der Waals surface area contributed by atoms with E-state index in [0.29, 0.717) is 18.9 Å². The van der Waals surface area contributed by atoms with E-state index in [1.165, 1.54) is 0 Å². The van der Waals surface area contributed by atoms with Gasteiger partial charge >= 0.3 is 0 Å². The number of nitrogens with zero attached hydrogens (tertiary/aromatic N) is 2. The zero-order valence-electron chi connectivity index (χ0n) is 15.4. The molecule has 1 aromatic rings. The standard InChI is InChI=1S/C21H28N2O2/c1-3-4-5-11-22-12-9-21(10-13-22)15-20(24)23(17-21)16-18-7-6-8-19(14-18)25-2/h6-8,14H,3,9-13,15-17H2,1-2H3. The summed E-state index contributed by atoms with van der Waals surface area (Å²) < 4.78 is 5.29. The number of methoxy groups -OCH3 is 1. The van der Waals surface area contributed by atoms with Crippen molar-refractivity contribution in [3.05, 3.63) is 29.8 Å². The lowest BCUT2D eigenvalue weighted by Gasteiger charge is -2.38. The third-order valence-electron chi connectivity index (χ3n) is 5.43. The Morgan fingerprint density at radius 2 is 2.04 bits per heavy atom. The molecule has 1 spiro atoms. The van der Waals surface area contributed by atoms with Gasteiger partial charge in [0.25, 0.3) is 0 Å². The van der Waals surface area contributed by atoms with Gasteiger partial charge in [0.15, 0.2) is 0 Å². The first kappa shape index (κ1) is 17.8. The molecule has 3 rings (SSSR count). The van der Waals surface area contributed by atoms with Crippen molar-refractivity contribution in [2.24, 2.45) is 5.41 Å². The van der Waals surface area contributed by atoms with Crippen LogP contribution in [0.2, 0.25) is 0 Å². The van der Waals surface area contributed by atoms with Crippen LogP contribution < -0.4 is 4.74 Å². The highest BCUT2D eigenvalue weighted by Gasteiger charge is 2.44. The van der Waals surface area contributed by atoms with Crippen LogP contribution in [0, 0.1) is 17.3 Å². The van der Waals surface area contributed by atoms with Crippen molar-refractivity contribution in [1.82, 2.24) is 9.80 Å². The molecule has 25 heavy (non-hydrogen) atoms. The summed E-state index contributed by atoms with van der Waals surface area (Å²) in [5.74, 6) is 7.52. The first-order valence-corrected chi connectivity index (χ1v) is 9.23. The third kappa shape index (κ3) is 4.35. The fraction of sp³-hybridized carbons (Fsp3) is 0.571. The Labute approximate surface area is 151 Å². The zero-order chi connectivity index (χ0) is 17.7. The Kier molecular flexibility index (Phi) is 5.65. The molecule has 0 saturated carbocycles. The number of piperidine rings is 1. The largest absolute Gasteiger partial charge is 0.497 e. The Bertz CT molecular complexity index is 666. The molecule has 0 bridgehead atoms. The van der Waals surface area contributed by atoms with E-state index >= 15 is 0 Å². The van der Waals surface area contributed by atoms with E-state index in [1.807, 2.05) is 23.1 Å². The summed E-state index contributed by atoms with van der Waals surface area (Å²) in [6.07, 6.45) is 3.82. The topological polar surface area (TPSA) is 32.8 Å². The number of hydrogen-bond acceptors (Lipinski definition) is 3. The summed E-state index contributed by atoms with van der Waals surface area (Å²) in [4.78, 5) is 17.0. The van der Waals surface area contributed by atoms with E-state index in [1.54, 1.807) is 7.11 Å². The number of likely N-dealkylation sites (tertiary alicyclic amines) is 2. The number of carbonyl (C=O) groups is 1. The van der Waals surface area contributed by atoms with E-state index in [2.05, 4.69) is 29.7 Å². The molecule has 2 fully saturated rings. The van der Waals surface area contributed by atoms with Gasteiger partial charge in [-0.2, -0.15) is 0 Å². The van der Waals surface area contributed by atoms with Gasteiger partial charge < -0.3 is 9.64 Å². The minimum atomic E-state index is 0.171. The first-order chi connectivity index (χ1) is 12.1. The monoisotopic (exact) mass is 340 g/mol. The molecule has 0 N–H and O–H groups in total. The molecule has 0 aliphatic carbocycles. The molecule has 0 atom stereocenters. The van der Waals surface area contributed by atoms with Crippen LogP contribution in [0.4, 0.5) is 0 Å². The maximum atomic E-state index is 12.6. The van der Waals surface area contributed by atoms with Crippen LogP contribution in [0.25, 0.3) is 0 Å². The van der Waals surface area contributed by atoms with E-state index in [9.17, 15) is 4.79 Å². The molecular weight excluding hydrogens is 312 g/mol. The van der Waals surface area contributed by atoms with Gasteiger partial charge in [-0.15, -0.1) is 5.92 Å². The second-order valence-corrected chi connectivity index (χ2v) is 7.26. The van der Waals surface area contributed by atoms with Crippen molar-refractivity contribution in [2.45, 2.75) is 39.2 Å². The molecule has 0 radical (unpaired) electrons. The van der Waals surface area contributed by atoms with Gasteiger partial charge in [-0.1, -0.05) is 25.0 Å². The van der Waals surface area contributed by atoms with Crippen LogP contribution in [-0.2, 0) is 11.3 Å². The Morgan fingerprint density at radius 3 is 2.76 bits per heavy atom. The normalized spacial score (nSPS) is 19.8. The van der Waals surface area contributed by atoms with Crippen molar-refractivity contribution in [1.29, 1.82) is 0 Å². The fourth-order valence-corrected chi connectivity index (χ4v) is 3.93. The molecule has 134 valence electrons. The molecule has 0 unspecified atom stereocenters. The van der Waals surface area contributed by atoms with E-state index in [-0.39, 0.29) is 5.41 Å². The fourth-order valence-electron chi connectivity index (χ4n) is 3.93. The summed E-state index contributed by atoms with van der Waals surface area (Å²) in [7, 11) is 1.67. The minimum absolute atomic E-state index is 0.171. The second kappa shape index (κ2) is 7.93. The minimum Gasteiger partial charge on any atom is -0.497 e. The molecule has 0 aromatic heterocycles. The number of ether oxygens (including phenoxy) is 1. The highest BCUT2D eigenvalue weighted by molar-refractivity contribution is 5.79. The van der Waals surface area contributed by atoms with Gasteiger partial charge in [-0.05, 0) is 49.0 Å². The van der Waals surface area contributed by atoms with Gasteiger partial charge in [-0.25, -0.2) is 0 Å². The average molecular weight is 340 g/mol. The Hall–Kier alpha value is -1.99. The maximum absolute atomic E-state index is 12.6. The van der Waals surface area contributed by atoms with E-state index in [4.69, 9.17) is 4.74 Å². The molecule has 2 aliphatic rings. The second-order valence-electron chi connectivity index (χ2n) is 7.26. The first-order valence-electron chi connectivity index (χ1n) is 9.23. The highest BCUT2D eigenvalue weighted by Crippen LogP contribution is 2.41. The number of rotatable bonds is 4. The highest BCUT2D eigenvalue weighted by atomic mass is 16.5. The van der Waals surface area contributed by atoms with Crippen LogP contribution in [-0.4, -0.2) is 49.0 Å². The third-order valence-corrected chi connectivity index (χ3v) is 5.43. The molecule has 1 aromatic carbocycles. The molecule has 1 amide bonds. The van der Waals surface area contributed by atoms with Crippen molar-refractivity contribution in [3.63, 3.8) is 0 Å². The molecule has 4 heteroatoms. The lowest BCUT2D eigenvalue weighted by molar-refractivity contribution is -0.128. The number of carbonyl (C=O) groups excluding carboxylic acids is 1. The van der Waals surface area contributed by atoms with Crippen LogP contribution in [0.5, 0.6) is 5.75 Å². The summed E-state index contributed by atoms with van der Waals surface area (Å²) >= 11 is 0. The van der Waals surface area contributed by atoms with Crippen molar-refractivity contribution in [2.75, 3.05) is 33.3 Å². The van der Waals surface area contributed by atoms with Gasteiger partial charge in [0.2, 0.25) is 5.91 Å². The Balaban J connectivity index is 1.57. The van der Waals surface area contributed by atoms with Crippen molar-refractivity contribution in [3.8, 4) is 17.6 Å². The smallest absolute Gasteiger partial charge is 0.223 e. The SMILES string of the molecule is CCC#CCN1CCC2(CC1)CC(=O)N(Cc1cccc(OC)c1)C2. The molecule has 2 aliphatic heterocycles. The average Bonchev–Trinajstić information content (AvgIpc) is 2.92. The van der Waals surface area contributed by atoms with Gasteiger partial charge in [0.05, 0.1) is 13.7 Å². The van der Waals surface area contributed by atoms with Crippen molar-refractivity contribution < 1.29 is 9.53 Å². The van der Waals surface area contributed by atoms with Crippen LogP contribution in [0.15, 0.2) is 24.3 Å². The summed E-state index contributed by atoms with van der Waals surface area (Å²) in [5, 5.41) is 0. The summed E-state index contributed by atoms with van der Waals surface area (Å²) in [5.41, 5.74) is 1.31. The quantitative estimate of drug-likeness (QED) is 0.790. The number of hydrogen-bond donors (Lipinski definition) is 0. The van der Waals surface area contributed by atoms with Crippen LogP contribution in [0.1, 0.15) is 38.2 Å². The zero-order valence-corrected chi connectivity index (χ0v) is 15.4. The maximum Gasteiger partial charge on any atom is 0.223 e. The number of amides is 1. The molecule has 2 saturated heterocycles. The van der Waals surface area contributed by atoms with Crippen LogP contribution >= 0.6 is 0 Å². The van der Waals surface area contributed by atoms with Gasteiger partial charge in [-0.3, -0.25) is 9.69 Å². The van der Waals surface area contributed by atoms with Crippen molar-refractivity contribution >= 4 is 5.91 Å². The predicted molar refractivity (Wildman–Crippen MR) is 99.2 cm³/mol. The predicted octanol–water partition coefficient (Wildman–Crippen LogP) is 2.92. The summed E-state index contributed by atoms with van der Waals surface area (Å²) in [6, 6.07) is 8.01. The van der Waals surface area contributed by atoms with E-state index in [0.717, 1.165) is 56.8 Å². The lowest BCUT2D eigenvalue weighted by atomic mass is 9.77. The lowest BCUT2D eigenvalue weighted by Crippen LogP contribution is -2.41. The molecule has 2 heterocycles. The number of benzene rings is 1. The van der Waals surface area contributed by atoms with Gasteiger partial charge in [0.1, 0.15) is 5.75 Å². The van der Waals surface area contributed by atoms with E-state index < -0.39 is 0 Å². The van der Waals surface area contributed by atoms with Crippen LogP contribution in [0.3, 0.4) is 0 Å².